The van der Waals surface area contributed by atoms with Gasteiger partial charge in [0.15, 0.2) is 4.34 Å². The van der Waals surface area contributed by atoms with Gasteiger partial charge in [0.05, 0.1) is 23.0 Å². The predicted molar refractivity (Wildman–Crippen MR) is 119 cm³/mol. The topological polar surface area (TPSA) is 79.6 Å². The summed E-state index contributed by atoms with van der Waals surface area (Å²) in [4.78, 5) is 22.3. The van der Waals surface area contributed by atoms with Gasteiger partial charge in [-0.3, -0.25) is 9.79 Å². The average molecular weight is 422 g/mol. The lowest BCUT2D eigenvalue weighted by molar-refractivity contribution is -0.117. The molecule has 2 aromatic carbocycles. The molecule has 4 rings (SSSR count). The van der Waals surface area contributed by atoms with Crippen LogP contribution in [0.5, 0.6) is 0 Å². The fourth-order valence-electron chi connectivity index (χ4n) is 3.09. The minimum absolute atomic E-state index is 0.130. The van der Waals surface area contributed by atoms with Crippen LogP contribution in [-0.4, -0.2) is 33.4 Å². The molecule has 1 N–H and O–H groups in total. The van der Waals surface area contributed by atoms with E-state index in [2.05, 4.69) is 15.5 Å². The maximum Gasteiger partial charge on any atom is 0.235 e. The Bertz CT molecular complexity index is 1090. The minimum Gasteiger partial charge on any atom is -0.313 e. The number of para-hydroxylation sites is 2. The van der Waals surface area contributed by atoms with Gasteiger partial charge in [0.25, 0.3) is 0 Å². The van der Waals surface area contributed by atoms with Gasteiger partial charge >= 0.3 is 0 Å². The van der Waals surface area contributed by atoms with Gasteiger partial charge in [-0.15, -0.1) is 10.2 Å². The Hall–Kier alpha value is -2.84. The molecule has 0 saturated carbocycles. The fraction of sp³-hybridized carbons (Fsp3) is 0.190. The highest BCUT2D eigenvalue weighted by atomic mass is 32.2. The van der Waals surface area contributed by atoms with Crippen molar-refractivity contribution in [3.63, 3.8) is 0 Å². The van der Waals surface area contributed by atoms with Crippen LogP contribution in [-0.2, 0) is 4.79 Å². The van der Waals surface area contributed by atoms with Crippen LogP contribution >= 0.6 is 23.1 Å². The van der Waals surface area contributed by atoms with Crippen LogP contribution in [0.1, 0.15) is 23.4 Å². The Labute approximate surface area is 177 Å². The molecule has 1 aromatic heterocycles. The number of rotatable bonds is 4. The van der Waals surface area contributed by atoms with Crippen LogP contribution in [0.4, 0.5) is 11.4 Å². The molecule has 0 fully saturated rings. The number of nitrogens with zero attached hydrogens (tertiary/aromatic N) is 4. The summed E-state index contributed by atoms with van der Waals surface area (Å²) in [5, 5.41) is 11.9. The second kappa shape index (κ2) is 8.67. The third-order valence-corrected chi connectivity index (χ3v) is 6.32. The number of nitrogens with one attached hydrogen (secondary N) is 1. The monoisotopic (exact) mass is 421 g/mol. The van der Waals surface area contributed by atoms with Crippen molar-refractivity contribution in [2.75, 3.05) is 5.75 Å². The molecule has 0 saturated heterocycles. The van der Waals surface area contributed by atoms with Crippen molar-refractivity contribution in [1.29, 1.82) is 0 Å². The Kier molecular flexibility index (Phi) is 5.82. The van der Waals surface area contributed by atoms with Gasteiger partial charge in [-0.2, -0.15) is 0 Å². The molecule has 0 radical (unpaired) electrons. The van der Waals surface area contributed by atoms with E-state index in [1.165, 1.54) is 23.1 Å². The SMILES string of the molecule is CC1=Nc2ccccc2N=C(NC(=O)CSc2nnc(C)s2)[C@@H]1c1ccccc1. The van der Waals surface area contributed by atoms with E-state index in [1.807, 2.05) is 68.4 Å². The molecule has 0 unspecified atom stereocenters. The smallest absolute Gasteiger partial charge is 0.235 e. The largest absolute Gasteiger partial charge is 0.313 e. The summed E-state index contributed by atoms with van der Waals surface area (Å²) in [6.45, 7) is 3.87. The lowest BCUT2D eigenvalue weighted by Crippen LogP contribution is -2.38. The molecule has 6 nitrogen and oxygen atoms in total. The minimum atomic E-state index is -0.221. The first-order chi connectivity index (χ1) is 14.1. The van der Waals surface area contributed by atoms with Gasteiger partial charge in [0.2, 0.25) is 5.91 Å². The first-order valence-corrected chi connectivity index (χ1v) is 10.9. The summed E-state index contributed by atoms with van der Waals surface area (Å²) in [6.07, 6.45) is 0. The van der Waals surface area contributed by atoms with Crippen molar-refractivity contribution in [2.45, 2.75) is 24.1 Å². The molecular weight excluding hydrogens is 402 g/mol. The van der Waals surface area contributed by atoms with E-state index < -0.39 is 0 Å². The molecule has 1 atom stereocenters. The van der Waals surface area contributed by atoms with Gasteiger partial charge in [0, 0.05) is 5.71 Å². The van der Waals surface area contributed by atoms with Crippen LogP contribution in [0, 0.1) is 6.92 Å². The third kappa shape index (κ3) is 4.60. The van der Waals surface area contributed by atoms with E-state index in [0.29, 0.717) is 5.84 Å². The number of hydrogen-bond donors (Lipinski definition) is 1. The molecule has 1 aliphatic rings. The number of aryl methyl sites for hydroxylation is 1. The highest BCUT2D eigenvalue weighted by molar-refractivity contribution is 8.01. The molecule has 0 bridgehead atoms. The van der Waals surface area contributed by atoms with E-state index in [4.69, 9.17) is 9.98 Å². The summed E-state index contributed by atoms with van der Waals surface area (Å²) in [7, 11) is 0. The van der Waals surface area contributed by atoms with Gasteiger partial charge in [-0.1, -0.05) is 65.6 Å². The molecule has 1 amide bonds. The van der Waals surface area contributed by atoms with Gasteiger partial charge < -0.3 is 5.32 Å². The lowest BCUT2D eigenvalue weighted by atomic mass is 9.93. The Morgan fingerprint density at radius 3 is 2.38 bits per heavy atom. The highest BCUT2D eigenvalue weighted by Crippen LogP contribution is 2.34. The van der Waals surface area contributed by atoms with Crippen molar-refractivity contribution < 1.29 is 4.79 Å². The first-order valence-electron chi connectivity index (χ1n) is 9.10. The number of carbonyl (C=O) groups excluding carboxylic acids is 1. The van der Waals surface area contributed by atoms with Crippen molar-refractivity contribution in [3.8, 4) is 0 Å². The summed E-state index contributed by atoms with van der Waals surface area (Å²) in [5.74, 6) is 0.477. The van der Waals surface area contributed by atoms with Crippen LogP contribution in [0.3, 0.4) is 0 Å². The van der Waals surface area contributed by atoms with Crippen molar-refractivity contribution in [1.82, 2.24) is 15.5 Å². The second-order valence-electron chi connectivity index (χ2n) is 6.51. The number of thioether (sulfide) groups is 1. The molecule has 3 aromatic rings. The lowest BCUT2D eigenvalue weighted by Gasteiger charge is -2.19. The number of hydrogen-bond acceptors (Lipinski definition) is 7. The zero-order chi connectivity index (χ0) is 20.2. The summed E-state index contributed by atoms with van der Waals surface area (Å²) >= 11 is 2.85. The van der Waals surface area contributed by atoms with E-state index in [-0.39, 0.29) is 17.6 Å². The van der Waals surface area contributed by atoms with Crippen molar-refractivity contribution in [3.05, 3.63) is 65.2 Å². The third-order valence-electron chi connectivity index (χ3n) is 4.35. The molecule has 1 aliphatic heterocycles. The second-order valence-corrected chi connectivity index (χ2v) is 8.91. The Morgan fingerprint density at radius 1 is 1.00 bits per heavy atom. The van der Waals surface area contributed by atoms with E-state index >= 15 is 0 Å². The quantitative estimate of drug-likeness (QED) is 0.621. The fourth-order valence-corrected chi connectivity index (χ4v) is 4.70. The number of aliphatic imine (C=N–C) groups is 2. The van der Waals surface area contributed by atoms with E-state index in [1.54, 1.807) is 0 Å². The number of aromatic nitrogens is 2. The number of fused-ring (bicyclic) bond motifs is 1. The zero-order valence-electron chi connectivity index (χ0n) is 16.0. The molecule has 146 valence electrons. The molecule has 0 aliphatic carbocycles. The van der Waals surface area contributed by atoms with Crippen molar-refractivity contribution in [2.24, 2.45) is 9.98 Å². The number of carbonyl (C=O) groups is 1. The summed E-state index contributed by atoms with van der Waals surface area (Å²) in [5.41, 5.74) is 3.46. The molecule has 2 heterocycles. The maximum absolute atomic E-state index is 12.7. The number of amidine groups is 1. The average Bonchev–Trinajstić information content (AvgIpc) is 3.08. The van der Waals surface area contributed by atoms with Gasteiger partial charge in [0.1, 0.15) is 10.8 Å². The van der Waals surface area contributed by atoms with Crippen LogP contribution in [0.15, 0.2) is 68.9 Å². The Balaban J connectivity index is 1.62. The highest BCUT2D eigenvalue weighted by Gasteiger charge is 2.26. The molecule has 8 heteroatoms. The van der Waals surface area contributed by atoms with E-state index in [9.17, 15) is 4.79 Å². The zero-order valence-corrected chi connectivity index (χ0v) is 17.6. The molecule has 29 heavy (non-hydrogen) atoms. The maximum atomic E-state index is 12.7. The number of benzene rings is 2. The van der Waals surface area contributed by atoms with Crippen LogP contribution < -0.4 is 5.32 Å². The van der Waals surface area contributed by atoms with Gasteiger partial charge in [-0.05, 0) is 31.5 Å². The predicted octanol–water partition coefficient (Wildman–Crippen LogP) is 4.67. The number of amides is 1. The summed E-state index contributed by atoms with van der Waals surface area (Å²) < 4.78 is 0.781. The Morgan fingerprint density at radius 2 is 1.69 bits per heavy atom. The molecular formula is C21H19N5OS2. The summed E-state index contributed by atoms with van der Waals surface area (Å²) in [6, 6.07) is 17.7. The van der Waals surface area contributed by atoms with E-state index in [0.717, 1.165) is 32.0 Å². The van der Waals surface area contributed by atoms with Crippen LogP contribution in [0.2, 0.25) is 0 Å². The van der Waals surface area contributed by atoms with Crippen LogP contribution in [0.25, 0.3) is 0 Å². The van der Waals surface area contributed by atoms with Gasteiger partial charge in [-0.25, -0.2) is 4.99 Å². The normalized spacial score (nSPS) is 15.7. The standard InChI is InChI=1S/C21H19N5OS2/c1-13-19(15-8-4-3-5-9-15)20(23-17-11-7-6-10-16(17)22-13)24-18(27)12-28-21-26-25-14(2)29-21/h3-11,19H,12H2,1-2H3,(H,23,24,27)/t19-/m0/s1. The first kappa shape index (κ1) is 19.5. The molecule has 0 spiro atoms. The van der Waals surface area contributed by atoms with Crippen molar-refractivity contribution >= 4 is 51.9 Å².